The van der Waals surface area contributed by atoms with Crippen molar-refractivity contribution >= 4 is 29.2 Å². The number of hydrogen-bond donors (Lipinski definition) is 3. The van der Waals surface area contributed by atoms with Gasteiger partial charge < -0.3 is 10.3 Å². The van der Waals surface area contributed by atoms with Crippen LogP contribution < -0.4 is 5.32 Å². The molecular weight excluding hydrogens is 270 g/mol. The summed E-state index contributed by atoms with van der Waals surface area (Å²) >= 11 is 5.23. The van der Waals surface area contributed by atoms with Gasteiger partial charge in [-0.2, -0.15) is 5.10 Å². The second-order valence-electron chi connectivity index (χ2n) is 4.82. The summed E-state index contributed by atoms with van der Waals surface area (Å²) in [5.41, 5.74) is 4.57. The van der Waals surface area contributed by atoms with Crippen molar-refractivity contribution in [3.63, 3.8) is 0 Å². The van der Waals surface area contributed by atoms with E-state index >= 15 is 0 Å². The maximum Gasteiger partial charge on any atom is 0.203 e. The van der Waals surface area contributed by atoms with Gasteiger partial charge in [0.2, 0.25) is 5.95 Å². The van der Waals surface area contributed by atoms with E-state index in [1.54, 1.807) is 6.20 Å². The Morgan fingerprint density at radius 1 is 1.25 bits per heavy atom. The van der Waals surface area contributed by atoms with E-state index in [1.165, 1.54) is 16.7 Å². The van der Waals surface area contributed by atoms with E-state index in [0.29, 0.717) is 17.1 Å². The van der Waals surface area contributed by atoms with Crippen molar-refractivity contribution in [3.8, 4) is 0 Å². The van der Waals surface area contributed by atoms with Crippen LogP contribution in [-0.2, 0) is 6.54 Å². The molecule has 0 fully saturated rings. The standard InChI is InChI=1S/C14H15N5S/c1-8-3-4-10(5-9(8)2)6-15-14-17-12-11(7-16-19-12)13(20)18-14/h3-5,7H,6H2,1-2H3,(H3,15,16,17,18,19,20). The molecule has 1 aromatic carbocycles. The van der Waals surface area contributed by atoms with Gasteiger partial charge in [-0.3, -0.25) is 5.10 Å². The summed E-state index contributed by atoms with van der Waals surface area (Å²) in [5, 5.41) is 10.9. The molecule has 0 aliphatic carbocycles. The molecule has 0 amide bonds. The zero-order valence-corrected chi connectivity index (χ0v) is 12.1. The molecule has 2 heterocycles. The summed E-state index contributed by atoms with van der Waals surface area (Å²) in [5.74, 6) is 0.643. The van der Waals surface area contributed by atoms with Gasteiger partial charge in [0.1, 0.15) is 10.3 Å². The number of aromatic nitrogens is 4. The maximum absolute atomic E-state index is 5.23. The first-order chi connectivity index (χ1) is 9.63. The molecule has 3 aromatic rings. The average molecular weight is 285 g/mol. The molecule has 20 heavy (non-hydrogen) atoms. The van der Waals surface area contributed by atoms with Crippen molar-refractivity contribution in [1.29, 1.82) is 0 Å². The second-order valence-corrected chi connectivity index (χ2v) is 5.21. The van der Waals surface area contributed by atoms with Crippen LogP contribution in [0.25, 0.3) is 11.0 Å². The fourth-order valence-corrected chi connectivity index (χ4v) is 2.28. The summed E-state index contributed by atoms with van der Waals surface area (Å²) in [6, 6.07) is 6.41. The van der Waals surface area contributed by atoms with Crippen LogP contribution in [0.3, 0.4) is 0 Å². The smallest absolute Gasteiger partial charge is 0.203 e. The quantitative estimate of drug-likeness (QED) is 0.646. The molecule has 0 atom stereocenters. The predicted molar refractivity (Wildman–Crippen MR) is 82.3 cm³/mol. The summed E-state index contributed by atoms with van der Waals surface area (Å²) in [4.78, 5) is 7.45. The summed E-state index contributed by atoms with van der Waals surface area (Å²) in [6.45, 7) is 4.91. The number of benzene rings is 1. The van der Waals surface area contributed by atoms with Gasteiger partial charge >= 0.3 is 0 Å². The van der Waals surface area contributed by atoms with Gasteiger partial charge in [0.15, 0.2) is 0 Å². The molecule has 5 nitrogen and oxygen atoms in total. The molecular formula is C14H15N5S. The van der Waals surface area contributed by atoms with Crippen LogP contribution in [0.2, 0.25) is 0 Å². The average Bonchev–Trinajstić information content (AvgIpc) is 2.89. The molecule has 102 valence electrons. The summed E-state index contributed by atoms with van der Waals surface area (Å²) in [7, 11) is 0. The van der Waals surface area contributed by atoms with Crippen molar-refractivity contribution in [3.05, 3.63) is 45.7 Å². The fourth-order valence-electron chi connectivity index (χ4n) is 2.03. The number of aromatic amines is 2. The highest BCUT2D eigenvalue weighted by atomic mass is 32.1. The number of anilines is 1. The van der Waals surface area contributed by atoms with Crippen LogP contribution in [0, 0.1) is 18.5 Å². The molecule has 0 saturated heterocycles. The fraction of sp³-hybridized carbons (Fsp3) is 0.214. The van der Waals surface area contributed by atoms with Crippen LogP contribution in [0.4, 0.5) is 5.95 Å². The monoisotopic (exact) mass is 285 g/mol. The molecule has 0 radical (unpaired) electrons. The zero-order valence-electron chi connectivity index (χ0n) is 11.3. The molecule has 6 heteroatoms. The zero-order chi connectivity index (χ0) is 14.1. The molecule has 0 spiro atoms. The van der Waals surface area contributed by atoms with E-state index in [9.17, 15) is 0 Å². The van der Waals surface area contributed by atoms with E-state index in [-0.39, 0.29) is 0 Å². The van der Waals surface area contributed by atoms with Gasteiger partial charge in [0.05, 0.1) is 11.6 Å². The summed E-state index contributed by atoms with van der Waals surface area (Å²) < 4.78 is 0.537. The van der Waals surface area contributed by atoms with Crippen LogP contribution in [0.1, 0.15) is 16.7 Å². The van der Waals surface area contributed by atoms with Crippen LogP contribution in [0.5, 0.6) is 0 Å². The van der Waals surface area contributed by atoms with Gasteiger partial charge in [0, 0.05) is 6.54 Å². The molecule has 3 rings (SSSR count). The van der Waals surface area contributed by atoms with Gasteiger partial charge in [-0.05, 0) is 30.5 Å². The van der Waals surface area contributed by atoms with E-state index < -0.39 is 0 Å². The third-order valence-corrected chi connectivity index (χ3v) is 3.67. The van der Waals surface area contributed by atoms with Crippen LogP contribution in [-0.4, -0.2) is 20.2 Å². The van der Waals surface area contributed by atoms with Crippen molar-refractivity contribution in [2.45, 2.75) is 20.4 Å². The number of rotatable bonds is 3. The van der Waals surface area contributed by atoms with Crippen molar-refractivity contribution < 1.29 is 0 Å². The molecule has 0 bridgehead atoms. The maximum atomic E-state index is 5.23. The van der Waals surface area contributed by atoms with Crippen LogP contribution in [0.15, 0.2) is 24.4 Å². The number of aryl methyl sites for hydroxylation is 2. The third kappa shape index (κ3) is 2.42. The Kier molecular flexibility index (Phi) is 3.23. The lowest BCUT2D eigenvalue weighted by atomic mass is 10.1. The van der Waals surface area contributed by atoms with E-state index in [0.717, 1.165) is 11.0 Å². The SMILES string of the molecule is Cc1ccc(CNc2nc(=S)c3cn[nH]c3[nH]2)cc1C. The highest BCUT2D eigenvalue weighted by Gasteiger charge is 2.03. The molecule has 2 aromatic heterocycles. The van der Waals surface area contributed by atoms with Crippen molar-refractivity contribution in [2.24, 2.45) is 0 Å². The van der Waals surface area contributed by atoms with Crippen LogP contribution >= 0.6 is 12.2 Å². The largest absolute Gasteiger partial charge is 0.352 e. The number of fused-ring (bicyclic) bond motifs is 1. The van der Waals surface area contributed by atoms with Crippen molar-refractivity contribution in [1.82, 2.24) is 20.2 Å². The first-order valence-corrected chi connectivity index (χ1v) is 6.78. The Morgan fingerprint density at radius 2 is 2.10 bits per heavy atom. The third-order valence-electron chi connectivity index (χ3n) is 3.36. The minimum absolute atomic E-state index is 0.537. The number of hydrogen-bond acceptors (Lipinski definition) is 4. The van der Waals surface area contributed by atoms with Crippen molar-refractivity contribution in [2.75, 3.05) is 5.32 Å². The van der Waals surface area contributed by atoms with Gasteiger partial charge in [-0.15, -0.1) is 0 Å². The Labute approximate surface area is 121 Å². The van der Waals surface area contributed by atoms with E-state index in [2.05, 4.69) is 57.5 Å². The lowest BCUT2D eigenvalue weighted by Crippen LogP contribution is -2.04. The van der Waals surface area contributed by atoms with Gasteiger partial charge in [-0.1, -0.05) is 30.4 Å². The molecule has 3 N–H and O–H groups in total. The van der Waals surface area contributed by atoms with Gasteiger partial charge in [0.25, 0.3) is 0 Å². The normalized spacial score (nSPS) is 10.9. The summed E-state index contributed by atoms with van der Waals surface area (Å²) in [6.07, 6.45) is 1.67. The number of H-pyrrole nitrogens is 2. The molecule has 0 saturated carbocycles. The van der Waals surface area contributed by atoms with E-state index in [1.807, 2.05) is 0 Å². The second kappa shape index (κ2) is 5.05. The lowest BCUT2D eigenvalue weighted by Gasteiger charge is -2.08. The van der Waals surface area contributed by atoms with Gasteiger partial charge in [-0.25, -0.2) is 4.98 Å². The Bertz CT molecular complexity index is 818. The predicted octanol–water partition coefficient (Wildman–Crippen LogP) is 3.24. The number of nitrogens with one attached hydrogen (secondary N) is 3. The topological polar surface area (TPSA) is 69.4 Å². The number of nitrogens with zero attached hydrogens (tertiary/aromatic N) is 2. The Balaban J connectivity index is 1.82. The minimum Gasteiger partial charge on any atom is -0.352 e. The molecule has 0 aliphatic rings. The lowest BCUT2D eigenvalue weighted by molar-refractivity contribution is 1.04. The molecule has 0 unspecified atom stereocenters. The minimum atomic E-state index is 0.537. The van der Waals surface area contributed by atoms with E-state index in [4.69, 9.17) is 12.2 Å². The first-order valence-electron chi connectivity index (χ1n) is 6.37. The Hall–Kier alpha value is -2.21. The first kappa shape index (κ1) is 12.8. The highest BCUT2D eigenvalue weighted by Crippen LogP contribution is 2.13. The molecule has 0 aliphatic heterocycles. The highest BCUT2D eigenvalue weighted by molar-refractivity contribution is 7.71. The Morgan fingerprint density at radius 3 is 2.90 bits per heavy atom.